The summed E-state index contributed by atoms with van der Waals surface area (Å²) in [6, 6.07) is 42.4. The van der Waals surface area contributed by atoms with E-state index in [0.29, 0.717) is 22.7 Å². The second-order valence-corrected chi connectivity index (χ2v) is 34.0. The number of aliphatic hydroxyl groups excluding tert-OH is 3. The Bertz CT molecular complexity index is 7530. The van der Waals surface area contributed by atoms with Crippen molar-refractivity contribution in [3.8, 4) is 120 Å². The molecule has 0 unspecified atom stereocenters. The SMILES string of the molecule is BrB(Br)Br.C.C.CO.COc1ccc(-n2cc(-c3cc(F)c(F)c(F)c3)c3cc(CO)cc(C#N)c3c2=O)cc1.N#Cc1cc(O)cc2c(-c3cc(F)c(F)c(F)c3)cn(-c3ccc(O)cc3)c(=O)c12.N=C(CO)c1cc(O)cc2c(-c3cc(F)c(F)c(F)c3)cn(-c3ccc(O)cc3)c(=O)c12.NC(=O)c1cc(O)cc2c(-c3cc(F)c(F)c(F)c3)cn(-c3ccc(O)cc3)c(=O)c12.O. The number of carbonyl (C=O) groups excluding carboxylic acids is 1. The van der Waals surface area contributed by atoms with Crippen LogP contribution in [-0.4, -0.2) is 105 Å². The zero-order valence-corrected chi connectivity index (χ0v) is 71.9. The van der Waals surface area contributed by atoms with Gasteiger partial charge in [-0.1, -0.05) is 14.9 Å². The number of aromatic hydroxyl groups is 6. The minimum Gasteiger partial charge on any atom is -0.508 e. The Balaban J connectivity index is 0.000000214. The molecule has 0 spiro atoms. The van der Waals surface area contributed by atoms with Gasteiger partial charge in [-0.25, -0.2) is 52.7 Å². The predicted molar refractivity (Wildman–Crippen MR) is 491 cm³/mol. The van der Waals surface area contributed by atoms with Crippen molar-refractivity contribution in [1.82, 2.24) is 18.3 Å². The maximum atomic E-state index is 14.0. The number of methoxy groups -OCH3 is 1. The maximum Gasteiger partial charge on any atom is 0.369 e. The number of nitrogens with zero attached hydrogens (tertiary/aromatic N) is 6. The van der Waals surface area contributed by atoms with Crippen LogP contribution in [-0.2, 0) is 6.61 Å². The van der Waals surface area contributed by atoms with Gasteiger partial charge in [0.1, 0.15) is 46.3 Å². The molecule has 0 radical (unpaired) electrons. The highest BCUT2D eigenvalue weighted by atomic mass is 79.9. The number of pyridine rings is 4. The Morgan fingerprint density at radius 2 is 0.642 bits per heavy atom. The molecule has 0 aliphatic heterocycles. The first-order chi connectivity index (χ1) is 62.3. The van der Waals surface area contributed by atoms with Gasteiger partial charge in [0.15, 0.2) is 69.8 Å². The number of nitrogens with two attached hydrogens (primary N) is 1. The van der Waals surface area contributed by atoms with Crippen LogP contribution in [0.5, 0.6) is 40.2 Å². The number of primary amides is 1. The Morgan fingerprint density at radius 3 is 0.910 bits per heavy atom. The number of nitriles is 2. The van der Waals surface area contributed by atoms with Crippen molar-refractivity contribution >= 4 is 105 Å². The fraction of sp³-hybridized carbons (Fsp3) is 0.0638. The van der Waals surface area contributed by atoms with Gasteiger partial charge in [0.25, 0.3) is 22.2 Å². The van der Waals surface area contributed by atoms with Crippen molar-refractivity contribution in [1.29, 1.82) is 15.9 Å². The molecule has 4 heterocycles. The van der Waals surface area contributed by atoms with Crippen LogP contribution in [0.3, 0.4) is 0 Å². The van der Waals surface area contributed by atoms with Crippen LogP contribution >= 0.6 is 47.3 Å². The molecule has 0 fully saturated rings. The van der Waals surface area contributed by atoms with E-state index in [0.717, 1.165) is 93.6 Å². The number of phenolic OH excluding ortho intramolecular Hbond substituents is 6. The van der Waals surface area contributed by atoms with Crippen molar-refractivity contribution in [3.63, 3.8) is 0 Å². The summed E-state index contributed by atoms with van der Waals surface area (Å²) in [7, 11) is 2.49. The van der Waals surface area contributed by atoms with E-state index in [1.807, 2.05) is 12.1 Å². The molecule has 12 aromatic carbocycles. The molecule has 0 bridgehead atoms. The molecule has 688 valence electrons. The second kappa shape index (κ2) is 44.1. The number of amides is 1. The number of aliphatic hydroxyl groups is 3. The van der Waals surface area contributed by atoms with E-state index >= 15 is 0 Å². The molecule has 16 rings (SSSR count). The molecular formula is C94H68BBr3F12N8O16. The van der Waals surface area contributed by atoms with Crippen LogP contribution in [0.2, 0.25) is 0 Å². The van der Waals surface area contributed by atoms with E-state index in [-0.39, 0.29) is 179 Å². The third-order valence-corrected chi connectivity index (χ3v) is 19.6. The molecule has 14 N–H and O–H groups in total. The average Bonchev–Trinajstić information content (AvgIpc) is 0.755. The fourth-order valence-corrected chi connectivity index (χ4v) is 13.8. The minimum absolute atomic E-state index is 0. The van der Waals surface area contributed by atoms with Crippen molar-refractivity contribution in [2.75, 3.05) is 20.8 Å². The van der Waals surface area contributed by atoms with E-state index < -0.39 is 117 Å². The molecule has 0 atom stereocenters. The molecule has 1 amide bonds. The number of hydrogen-bond donors (Lipinski definition) is 11. The van der Waals surface area contributed by atoms with E-state index in [2.05, 4.69) is 47.3 Å². The largest absolute Gasteiger partial charge is 0.508 e. The Hall–Kier alpha value is -15.3. The van der Waals surface area contributed by atoms with Gasteiger partial charge in [-0.05, 0) is 227 Å². The zero-order valence-electron chi connectivity index (χ0n) is 67.2. The number of phenols is 6. The maximum absolute atomic E-state index is 14.0. The van der Waals surface area contributed by atoms with Crippen LogP contribution in [0.4, 0.5) is 52.7 Å². The number of rotatable bonds is 13. The Labute approximate surface area is 773 Å². The van der Waals surface area contributed by atoms with Crippen LogP contribution < -0.4 is 32.7 Å². The first kappa shape index (κ1) is 104. The summed E-state index contributed by atoms with van der Waals surface area (Å²) < 4.78 is 176. The minimum atomic E-state index is -1.67. The molecule has 16 aromatic rings. The monoisotopic (exact) mass is 2040 g/mol. The third-order valence-electron chi connectivity index (χ3n) is 19.6. The van der Waals surface area contributed by atoms with Gasteiger partial charge in [0, 0.05) is 98.6 Å². The Morgan fingerprint density at radius 1 is 0.396 bits per heavy atom. The lowest BCUT2D eigenvalue weighted by molar-refractivity contribution is 0.100. The summed E-state index contributed by atoms with van der Waals surface area (Å²) in [6.45, 7) is -1.15. The number of ether oxygens (including phenoxy) is 1. The predicted octanol–water partition coefficient (Wildman–Crippen LogP) is 18.4. The Kier molecular flexibility index (Phi) is 34.2. The van der Waals surface area contributed by atoms with Crippen LogP contribution in [0.1, 0.15) is 47.5 Å². The fourth-order valence-electron chi connectivity index (χ4n) is 13.8. The van der Waals surface area contributed by atoms with Crippen molar-refractivity contribution in [3.05, 3.63) is 358 Å². The van der Waals surface area contributed by atoms with Gasteiger partial charge in [0.05, 0.1) is 70.3 Å². The number of nitrogens with one attached hydrogen (secondary N) is 1. The molecule has 0 aliphatic carbocycles. The summed E-state index contributed by atoms with van der Waals surface area (Å²) in [4.78, 5) is 65.0. The smallest absolute Gasteiger partial charge is 0.369 e. The molecule has 40 heteroatoms. The first-order valence-electron chi connectivity index (χ1n) is 37.2. The summed E-state index contributed by atoms with van der Waals surface area (Å²) in [5.74, 6) is -19.7. The molecule has 0 saturated heterocycles. The molecule has 4 aromatic heterocycles. The normalized spacial score (nSPS) is 10.5. The number of aromatic nitrogens is 4. The van der Waals surface area contributed by atoms with Crippen molar-refractivity contribution < 1.29 is 114 Å². The highest BCUT2D eigenvalue weighted by Gasteiger charge is 2.27. The van der Waals surface area contributed by atoms with Crippen LogP contribution in [0, 0.1) is 97.9 Å². The van der Waals surface area contributed by atoms with Crippen molar-refractivity contribution in [2.45, 2.75) is 21.5 Å². The summed E-state index contributed by atoms with van der Waals surface area (Å²) >= 11 is 9.31. The summed E-state index contributed by atoms with van der Waals surface area (Å²) in [5, 5.41) is 112. The topological polar surface area (TPSA) is 425 Å². The number of halogens is 15. The van der Waals surface area contributed by atoms with E-state index in [9.17, 15) is 128 Å². The zero-order chi connectivity index (χ0) is 95.7. The molecule has 24 nitrogen and oxygen atoms in total. The quantitative estimate of drug-likeness (QED) is 0.0221. The van der Waals surface area contributed by atoms with Gasteiger partial charge in [-0.15, -0.1) is 47.3 Å². The number of hydrogen-bond acceptors (Lipinski definition) is 18. The van der Waals surface area contributed by atoms with Gasteiger partial charge in [-0.3, -0.25) is 42.2 Å². The molecule has 134 heavy (non-hydrogen) atoms. The lowest BCUT2D eigenvalue weighted by Crippen LogP contribution is -2.22. The van der Waals surface area contributed by atoms with Crippen LogP contribution in [0.25, 0.3) is 110 Å². The van der Waals surface area contributed by atoms with Gasteiger partial charge < -0.3 is 67.3 Å². The van der Waals surface area contributed by atoms with Gasteiger partial charge in [-0.2, -0.15) is 10.5 Å². The molecular weight excluding hydrogens is 1980 g/mol. The standard InChI is InChI=1S/C24H15F3N2O3.C23H15F3N2O4.C22H13F3N2O4.C22H11F3N2O3.CH4O.2CH4.BBr3.H2O/c1-32-17-4-2-16(3-5-17)29-11-19(14-8-20(25)23(27)21(26)9-14)18-7-13(12-30)6-15(10-28)22(18)24(29)31;24-18-5-11(6-19(25)22(18)26)17-9-28(12-1-3-13(30)4-2-12)23(32)21-15(17)7-14(31)8-16(21)20(27)10-29;23-17-5-10(6-18(24)20(17)25)16-9-27(11-1-3-12(28)4-2-11)22(31)19-14(16)7-13(29)8-15(19)21(26)30;23-18-6-11(7-19(24)21(18)25)17-10-27(13-1-3-14(28)4-2-13)22(30)20-12(9-26)5-15(29)8-16(17)20;1-2;;;2-1(3)4;/h2-9,11,30H,12H2,1H3;1-9,27,29-31H,10H2;1-9,28-29H,(H2,26,30);1-8,10,28-29H;2H,1H3;2*1H4;;1H2. The first-order valence-corrected chi connectivity index (χ1v) is 39.9. The number of benzene rings is 12. The van der Waals surface area contributed by atoms with E-state index in [1.165, 1.54) is 134 Å². The third kappa shape index (κ3) is 22.0. The average molecular weight is 2040 g/mol. The van der Waals surface area contributed by atoms with E-state index in [1.54, 1.807) is 24.3 Å². The van der Waals surface area contributed by atoms with Gasteiger partial charge >= 0.3 is 3.18 Å². The lowest BCUT2D eigenvalue weighted by atomic mass is 9.95. The van der Waals surface area contributed by atoms with E-state index in [4.69, 9.17) is 21.0 Å². The number of carbonyl (C=O) groups is 1. The number of fused-ring (bicyclic) bond motifs is 4. The molecule has 0 aliphatic rings. The lowest BCUT2D eigenvalue weighted by Gasteiger charge is -2.16. The van der Waals surface area contributed by atoms with Gasteiger partial charge in [0.2, 0.25) is 5.91 Å². The molecule has 0 saturated carbocycles. The summed E-state index contributed by atoms with van der Waals surface area (Å²) in [5.41, 5.74) is 3.51. The second-order valence-electron chi connectivity index (χ2n) is 27.6. The highest BCUT2D eigenvalue weighted by Crippen LogP contribution is 2.40. The highest BCUT2D eigenvalue weighted by molar-refractivity contribution is 9.69. The summed E-state index contributed by atoms with van der Waals surface area (Å²) in [6.07, 6.45) is 5.12. The van der Waals surface area contributed by atoms with Crippen LogP contribution in [0.15, 0.2) is 238 Å². The van der Waals surface area contributed by atoms with Crippen molar-refractivity contribution in [2.24, 2.45) is 5.73 Å².